The second kappa shape index (κ2) is 11.5. The minimum absolute atomic E-state index is 0. The van der Waals surface area contributed by atoms with Crippen LogP contribution in [0.3, 0.4) is 0 Å². The number of aromatic nitrogens is 5. The molecular formula is C46H28AuN5. The van der Waals surface area contributed by atoms with Gasteiger partial charge in [0.15, 0.2) is 0 Å². The first-order chi connectivity index (χ1) is 25.2. The number of fused-ring (bicyclic) bond motifs is 9. The van der Waals surface area contributed by atoms with Gasteiger partial charge in [0.25, 0.3) is 0 Å². The topological polar surface area (TPSA) is 49.7 Å². The molecule has 5 nitrogen and oxygen atoms in total. The molecule has 0 N–H and O–H groups in total. The van der Waals surface area contributed by atoms with E-state index in [1.54, 1.807) is 0 Å². The van der Waals surface area contributed by atoms with Gasteiger partial charge in [-0.1, -0.05) is 102 Å². The van der Waals surface area contributed by atoms with Crippen molar-refractivity contribution >= 4 is 43.7 Å². The summed E-state index contributed by atoms with van der Waals surface area (Å²) in [5, 5.41) is 13.5. The molecule has 11 rings (SSSR count). The van der Waals surface area contributed by atoms with E-state index in [4.69, 9.17) is 4.98 Å². The Balaban J connectivity index is 0.00000338. The van der Waals surface area contributed by atoms with E-state index in [-0.39, 0.29) is 22.4 Å². The number of hydrogen-bond donors (Lipinski definition) is 0. The molecule has 1 aliphatic rings. The van der Waals surface area contributed by atoms with Crippen LogP contribution in [0, 0.1) is 19.1 Å². The number of pyridine rings is 1. The quantitative estimate of drug-likeness (QED) is 0.131. The van der Waals surface area contributed by atoms with E-state index in [2.05, 4.69) is 165 Å². The van der Waals surface area contributed by atoms with Crippen molar-refractivity contribution in [1.82, 2.24) is 24.3 Å². The van der Waals surface area contributed by atoms with Gasteiger partial charge in [-0.2, -0.15) is 42.5 Å². The van der Waals surface area contributed by atoms with Crippen LogP contribution in [-0.2, 0) is 27.8 Å². The van der Waals surface area contributed by atoms with Crippen molar-refractivity contribution in [3.8, 4) is 22.6 Å². The van der Waals surface area contributed by atoms with E-state index in [1.165, 1.54) is 22.3 Å². The zero-order chi connectivity index (χ0) is 33.7. The van der Waals surface area contributed by atoms with E-state index in [0.29, 0.717) is 0 Å². The van der Waals surface area contributed by atoms with Crippen molar-refractivity contribution in [3.63, 3.8) is 0 Å². The molecule has 52 heavy (non-hydrogen) atoms. The summed E-state index contributed by atoms with van der Waals surface area (Å²) in [5.74, 6) is 0.788. The van der Waals surface area contributed by atoms with Gasteiger partial charge in [0, 0.05) is 16.5 Å². The minimum Gasteiger partial charge on any atom is -0.439 e. The molecule has 0 radical (unpaired) electrons. The van der Waals surface area contributed by atoms with Crippen LogP contribution >= 0.6 is 0 Å². The molecule has 4 aromatic heterocycles. The van der Waals surface area contributed by atoms with E-state index >= 15 is 0 Å². The Morgan fingerprint density at radius 1 is 0.615 bits per heavy atom. The van der Waals surface area contributed by atoms with Crippen LogP contribution in [0.25, 0.3) is 66.4 Å². The zero-order valence-corrected chi connectivity index (χ0v) is 30.1. The van der Waals surface area contributed by atoms with Gasteiger partial charge >= 0.3 is 22.4 Å². The van der Waals surface area contributed by atoms with Gasteiger partial charge < -0.3 is 14.2 Å². The third kappa shape index (κ3) is 4.10. The molecule has 0 amide bonds. The number of hydrogen-bond acceptors (Lipinski definition) is 2. The van der Waals surface area contributed by atoms with E-state index in [0.717, 1.165) is 72.2 Å². The van der Waals surface area contributed by atoms with Crippen molar-refractivity contribution in [3.05, 3.63) is 192 Å². The Kier molecular flexibility index (Phi) is 6.83. The van der Waals surface area contributed by atoms with Gasteiger partial charge in [-0.25, -0.2) is 4.98 Å². The van der Waals surface area contributed by atoms with Crippen LogP contribution in [0.2, 0.25) is 0 Å². The molecule has 248 valence electrons. The first-order valence-electron chi connectivity index (χ1n) is 17.2. The molecule has 0 aliphatic heterocycles. The first kappa shape index (κ1) is 30.8. The molecule has 0 atom stereocenters. The number of para-hydroxylation sites is 3. The van der Waals surface area contributed by atoms with Crippen LogP contribution < -0.4 is 5.10 Å². The number of aryl methyl sites for hydroxylation is 1. The largest absolute Gasteiger partial charge is 3.00 e. The summed E-state index contributed by atoms with van der Waals surface area (Å²) < 4.78 is 4.45. The van der Waals surface area contributed by atoms with Crippen LogP contribution in [-0.4, -0.2) is 19.2 Å². The third-order valence-electron chi connectivity index (χ3n) is 10.7. The first-order valence-corrected chi connectivity index (χ1v) is 17.2. The average Bonchev–Trinajstić information content (AvgIpc) is 3.93. The molecule has 4 heterocycles. The van der Waals surface area contributed by atoms with Crippen molar-refractivity contribution in [2.75, 3.05) is 0 Å². The standard InChI is InChI=1S/C46H28N5.Au/c1-29-27-44(49-48-29)51-41-22-12-7-17-34(41)36-24-23-30(28-42(36)51)46(38-19-9-5-15-32(38)33-16-6-10-20-39(33)46)43-26-25-37-35-18-8-11-21-40(35)50(45(37)47-43)31-13-3-2-4-14-31;/h2-13,15-27H,1H3;/q-3;+3. The summed E-state index contributed by atoms with van der Waals surface area (Å²) in [7, 11) is 0. The monoisotopic (exact) mass is 847 g/mol. The molecule has 0 saturated carbocycles. The van der Waals surface area contributed by atoms with Gasteiger partial charge in [0.1, 0.15) is 5.65 Å². The summed E-state index contributed by atoms with van der Waals surface area (Å²) in [6, 6.07) is 61.3. The second-order valence-electron chi connectivity index (χ2n) is 13.3. The van der Waals surface area contributed by atoms with Crippen LogP contribution in [0.15, 0.2) is 152 Å². The Labute approximate surface area is 315 Å². The Morgan fingerprint density at radius 2 is 1.25 bits per heavy atom. The molecule has 0 unspecified atom stereocenters. The molecule has 10 aromatic rings. The smallest absolute Gasteiger partial charge is 0.439 e. The summed E-state index contributed by atoms with van der Waals surface area (Å²) in [4.78, 5) is 5.72. The normalized spacial score (nSPS) is 13.1. The van der Waals surface area contributed by atoms with E-state index < -0.39 is 5.41 Å². The maximum Gasteiger partial charge on any atom is 3.00 e. The van der Waals surface area contributed by atoms with Gasteiger partial charge in [0.05, 0.1) is 16.6 Å². The van der Waals surface area contributed by atoms with E-state index in [9.17, 15) is 0 Å². The van der Waals surface area contributed by atoms with Crippen molar-refractivity contribution < 1.29 is 22.4 Å². The maximum absolute atomic E-state index is 5.72. The Bertz CT molecular complexity index is 2960. The summed E-state index contributed by atoms with van der Waals surface area (Å²) in [6.07, 6.45) is 0. The summed E-state index contributed by atoms with van der Waals surface area (Å²) in [5.41, 5.74) is 11.9. The summed E-state index contributed by atoms with van der Waals surface area (Å²) in [6.45, 7) is 1.98. The van der Waals surface area contributed by atoms with Crippen molar-refractivity contribution in [2.45, 2.75) is 12.3 Å². The Hall–Kier alpha value is -5.98. The Morgan fingerprint density at radius 3 is 1.94 bits per heavy atom. The van der Waals surface area contributed by atoms with Gasteiger partial charge in [0.2, 0.25) is 0 Å². The summed E-state index contributed by atoms with van der Waals surface area (Å²) >= 11 is 0. The maximum atomic E-state index is 5.72. The molecule has 0 bridgehead atoms. The second-order valence-corrected chi connectivity index (χ2v) is 13.3. The minimum atomic E-state index is -0.758. The van der Waals surface area contributed by atoms with Gasteiger partial charge in [-0.05, 0) is 64.8 Å². The van der Waals surface area contributed by atoms with Crippen LogP contribution in [0.4, 0.5) is 0 Å². The molecule has 0 saturated heterocycles. The average molecular weight is 848 g/mol. The predicted octanol–water partition coefficient (Wildman–Crippen LogP) is 9.90. The fourth-order valence-corrected chi connectivity index (χ4v) is 8.59. The molecule has 6 aromatic carbocycles. The van der Waals surface area contributed by atoms with Crippen LogP contribution in [0.1, 0.15) is 28.1 Å². The molecule has 6 heteroatoms. The number of rotatable bonds is 4. The molecule has 0 fully saturated rings. The molecule has 0 spiro atoms. The number of nitrogens with zero attached hydrogens (tertiary/aromatic N) is 5. The van der Waals surface area contributed by atoms with Crippen molar-refractivity contribution in [2.24, 2.45) is 0 Å². The fourth-order valence-electron chi connectivity index (χ4n) is 8.59. The zero-order valence-electron chi connectivity index (χ0n) is 28.0. The van der Waals surface area contributed by atoms with Gasteiger partial charge in [-0.3, -0.25) is 5.10 Å². The molecule has 1 aliphatic carbocycles. The van der Waals surface area contributed by atoms with Crippen LogP contribution in [0.5, 0.6) is 0 Å². The van der Waals surface area contributed by atoms with E-state index in [1.807, 2.05) is 25.1 Å². The SMILES string of the molecule is Cc1cc(-n2c3[c-]c(C4(c5ccc6c7ccccc7n(-c7[c-]cccc7)c6n5)c5ccccc5-c5ccccc54)ccc3c3ccccc32)[n-]n1.[Au+3]. The third-order valence-corrected chi connectivity index (χ3v) is 10.7. The molecular weight excluding hydrogens is 820 g/mol. The van der Waals surface area contributed by atoms with Crippen molar-refractivity contribution in [1.29, 1.82) is 0 Å². The predicted molar refractivity (Wildman–Crippen MR) is 204 cm³/mol. The van der Waals surface area contributed by atoms with Gasteiger partial charge in [-0.15, -0.1) is 22.5 Å². The number of benzene rings is 6. The fraction of sp³-hybridized carbons (Fsp3) is 0.0435.